The molecule has 0 saturated carbocycles. The second-order valence-corrected chi connectivity index (χ2v) is 5.83. The van der Waals surface area contributed by atoms with Crippen LogP contribution >= 0.6 is 0 Å². The molecule has 0 aromatic rings. The summed E-state index contributed by atoms with van der Waals surface area (Å²) in [7, 11) is 0. The number of likely N-dealkylation sites (tertiary alicyclic amines) is 2. The number of imide groups is 1. The molecular formula is C13H18N4O4. The zero-order valence-electron chi connectivity index (χ0n) is 11.7. The molecule has 114 valence electrons. The average Bonchev–Trinajstić information content (AvgIpc) is 2.95. The minimum absolute atomic E-state index is 0.00184. The first kappa shape index (κ1) is 13.8. The predicted octanol–water partition coefficient (Wildman–Crippen LogP) is -1.19. The molecule has 1 spiro atoms. The molecule has 3 aliphatic rings. The van der Waals surface area contributed by atoms with Gasteiger partial charge in [-0.2, -0.15) is 0 Å². The summed E-state index contributed by atoms with van der Waals surface area (Å²) in [6.45, 7) is 1.39. The lowest BCUT2D eigenvalue weighted by molar-refractivity contribution is -0.141. The topological polar surface area (TPSA) is 98.8 Å². The number of piperidine rings is 1. The minimum atomic E-state index is -1.000. The summed E-state index contributed by atoms with van der Waals surface area (Å²) in [6.07, 6.45) is 2.45. The Hall–Kier alpha value is -2.12. The van der Waals surface area contributed by atoms with Crippen LogP contribution in [0.15, 0.2) is 0 Å². The Morgan fingerprint density at radius 2 is 2.00 bits per heavy atom. The van der Waals surface area contributed by atoms with Crippen LogP contribution in [0.4, 0.5) is 4.79 Å². The summed E-state index contributed by atoms with van der Waals surface area (Å²) < 4.78 is 0. The zero-order valence-corrected chi connectivity index (χ0v) is 11.7. The largest absolute Gasteiger partial charge is 0.338 e. The summed E-state index contributed by atoms with van der Waals surface area (Å²) in [5.74, 6) is -0.539. The van der Waals surface area contributed by atoms with Crippen molar-refractivity contribution in [3.05, 3.63) is 0 Å². The van der Waals surface area contributed by atoms with Crippen LogP contribution in [0.1, 0.15) is 25.7 Å². The monoisotopic (exact) mass is 294 g/mol. The van der Waals surface area contributed by atoms with Crippen molar-refractivity contribution in [1.82, 2.24) is 20.4 Å². The van der Waals surface area contributed by atoms with Gasteiger partial charge in [-0.25, -0.2) is 4.79 Å². The van der Waals surface area contributed by atoms with Crippen LogP contribution in [-0.2, 0) is 14.4 Å². The van der Waals surface area contributed by atoms with Gasteiger partial charge in [0.1, 0.15) is 5.54 Å². The van der Waals surface area contributed by atoms with E-state index in [2.05, 4.69) is 10.6 Å². The van der Waals surface area contributed by atoms with Crippen LogP contribution in [0.3, 0.4) is 0 Å². The van der Waals surface area contributed by atoms with Crippen LogP contribution in [0.5, 0.6) is 0 Å². The minimum Gasteiger partial charge on any atom is -0.338 e. The van der Waals surface area contributed by atoms with Gasteiger partial charge in [0, 0.05) is 19.5 Å². The Bertz CT molecular complexity index is 520. The molecular weight excluding hydrogens is 276 g/mol. The van der Waals surface area contributed by atoms with Crippen LogP contribution in [-0.4, -0.2) is 65.3 Å². The highest BCUT2D eigenvalue weighted by Crippen LogP contribution is 2.24. The van der Waals surface area contributed by atoms with Gasteiger partial charge in [0.25, 0.3) is 5.91 Å². The maximum Gasteiger partial charge on any atom is 0.322 e. The standard InChI is InChI=1S/C13H18N4O4/c18-9-3-1-5-16(9)7-10(19)17-6-2-4-13(8-17)11(20)14-12(21)15-13/h1-8H2,(H2,14,15,20,21). The molecule has 0 aliphatic carbocycles. The molecule has 8 nitrogen and oxygen atoms in total. The molecule has 0 bridgehead atoms. The number of nitrogens with one attached hydrogen (secondary N) is 2. The van der Waals surface area contributed by atoms with Crippen molar-refractivity contribution in [3.63, 3.8) is 0 Å². The lowest BCUT2D eigenvalue weighted by Crippen LogP contribution is -2.60. The fraction of sp³-hybridized carbons (Fsp3) is 0.692. The van der Waals surface area contributed by atoms with Gasteiger partial charge < -0.3 is 15.1 Å². The average molecular weight is 294 g/mol. The number of urea groups is 1. The molecule has 1 atom stereocenters. The van der Waals surface area contributed by atoms with E-state index in [1.807, 2.05) is 0 Å². The fourth-order valence-corrected chi connectivity index (χ4v) is 3.22. The molecule has 0 aromatic carbocycles. The van der Waals surface area contributed by atoms with Gasteiger partial charge in [0.15, 0.2) is 0 Å². The van der Waals surface area contributed by atoms with Crippen LogP contribution < -0.4 is 10.6 Å². The highest BCUT2D eigenvalue weighted by atomic mass is 16.2. The molecule has 1 unspecified atom stereocenters. The molecule has 3 heterocycles. The predicted molar refractivity (Wildman–Crippen MR) is 71.0 cm³/mol. The third-order valence-corrected chi connectivity index (χ3v) is 4.36. The number of nitrogens with zero attached hydrogens (tertiary/aromatic N) is 2. The lowest BCUT2D eigenvalue weighted by atomic mass is 9.89. The second kappa shape index (κ2) is 5.01. The summed E-state index contributed by atoms with van der Waals surface area (Å²) in [5, 5.41) is 4.86. The van der Waals surface area contributed by atoms with Crippen LogP contribution in [0, 0.1) is 0 Å². The molecule has 3 rings (SSSR count). The van der Waals surface area contributed by atoms with E-state index in [4.69, 9.17) is 0 Å². The van der Waals surface area contributed by atoms with Gasteiger partial charge in [-0.1, -0.05) is 0 Å². The van der Waals surface area contributed by atoms with E-state index >= 15 is 0 Å². The van der Waals surface area contributed by atoms with E-state index in [1.165, 1.54) is 0 Å². The summed E-state index contributed by atoms with van der Waals surface area (Å²) in [4.78, 5) is 50.3. The van der Waals surface area contributed by atoms with Crippen LogP contribution in [0.25, 0.3) is 0 Å². The molecule has 0 radical (unpaired) electrons. The van der Waals surface area contributed by atoms with Crippen molar-refractivity contribution < 1.29 is 19.2 Å². The Kier molecular flexibility index (Phi) is 3.30. The fourth-order valence-electron chi connectivity index (χ4n) is 3.22. The molecule has 3 fully saturated rings. The van der Waals surface area contributed by atoms with Gasteiger partial charge in [0.05, 0.1) is 13.1 Å². The quantitative estimate of drug-likeness (QED) is 0.626. The Balaban J connectivity index is 1.66. The highest BCUT2D eigenvalue weighted by Gasteiger charge is 2.49. The molecule has 3 aliphatic heterocycles. The third kappa shape index (κ3) is 2.45. The Labute approximate surface area is 121 Å². The van der Waals surface area contributed by atoms with E-state index in [0.717, 1.165) is 6.42 Å². The molecule has 5 amide bonds. The molecule has 21 heavy (non-hydrogen) atoms. The third-order valence-electron chi connectivity index (χ3n) is 4.36. The normalized spacial score (nSPS) is 29.0. The van der Waals surface area contributed by atoms with E-state index < -0.39 is 11.6 Å². The zero-order chi connectivity index (χ0) is 15.0. The number of carbonyl (C=O) groups excluding carboxylic acids is 4. The van der Waals surface area contributed by atoms with Crippen LogP contribution in [0.2, 0.25) is 0 Å². The summed E-state index contributed by atoms with van der Waals surface area (Å²) in [6, 6.07) is -0.510. The van der Waals surface area contributed by atoms with Gasteiger partial charge in [-0.3, -0.25) is 19.7 Å². The highest BCUT2D eigenvalue weighted by molar-refractivity contribution is 6.07. The number of carbonyl (C=O) groups is 4. The van der Waals surface area contributed by atoms with Gasteiger partial charge in [-0.15, -0.1) is 0 Å². The van der Waals surface area contributed by atoms with E-state index in [1.54, 1.807) is 9.80 Å². The number of hydrogen-bond donors (Lipinski definition) is 2. The molecule has 8 heteroatoms. The smallest absolute Gasteiger partial charge is 0.322 e. The second-order valence-electron chi connectivity index (χ2n) is 5.83. The summed E-state index contributed by atoms with van der Waals surface area (Å²) >= 11 is 0. The molecule has 0 aromatic heterocycles. The maximum atomic E-state index is 12.3. The van der Waals surface area contributed by atoms with Crippen molar-refractivity contribution in [3.8, 4) is 0 Å². The summed E-state index contributed by atoms with van der Waals surface area (Å²) in [5.41, 5.74) is -1.000. The number of amides is 5. The van der Waals surface area contributed by atoms with E-state index in [0.29, 0.717) is 32.4 Å². The van der Waals surface area contributed by atoms with Crippen molar-refractivity contribution in [1.29, 1.82) is 0 Å². The van der Waals surface area contributed by atoms with Crippen molar-refractivity contribution in [2.45, 2.75) is 31.2 Å². The van der Waals surface area contributed by atoms with Gasteiger partial charge in [-0.05, 0) is 19.3 Å². The maximum absolute atomic E-state index is 12.3. The van der Waals surface area contributed by atoms with Crippen molar-refractivity contribution in [2.75, 3.05) is 26.2 Å². The molecule has 3 saturated heterocycles. The lowest BCUT2D eigenvalue weighted by Gasteiger charge is -2.38. The number of hydrogen-bond acceptors (Lipinski definition) is 4. The van der Waals surface area contributed by atoms with Crippen molar-refractivity contribution >= 4 is 23.8 Å². The molecule has 2 N–H and O–H groups in total. The first-order valence-corrected chi connectivity index (χ1v) is 7.19. The van der Waals surface area contributed by atoms with Gasteiger partial charge in [0.2, 0.25) is 11.8 Å². The number of rotatable bonds is 2. The SMILES string of the molecule is O=C1NC(=O)C2(CCCN(C(=O)CN3CCCC3=O)C2)N1. The first-order valence-electron chi connectivity index (χ1n) is 7.19. The van der Waals surface area contributed by atoms with Gasteiger partial charge >= 0.3 is 6.03 Å². The first-order chi connectivity index (χ1) is 10.00. The van der Waals surface area contributed by atoms with E-state index in [9.17, 15) is 19.2 Å². The van der Waals surface area contributed by atoms with Crippen molar-refractivity contribution in [2.24, 2.45) is 0 Å². The Morgan fingerprint density at radius 1 is 1.19 bits per heavy atom. The Morgan fingerprint density at radius 3 is 2.62 bits per heavy atom. The van der Waals surface area contributed by atoms with E-state index in [-0.39, 0.29) is 30.8 Å².